The molecule has 2 aliphatic heterocycles. The van der Waals surface area contributed by atoms with Crippen LogP contribution in [0.2, 0.25) is 0 Å². The van der Waals surface area contributed by atoms with Crippen LogP contribution in [0.15, 0.2) is 41.7 Å². The van der Waals surface area contributed by atoms with Gasteiger partial charge in [-0.3, -0.25) is 0 Å². The summed E-state index contributed by atoms with van der Waals surface area (Å²) in [5.74, 6) is 1.44. The molecule has 0 saturated heterocycles. The minimum absolute atomic E-state index is 0.705. The highest BCUT2D eigenvalue weighted by Gasteiger charge is 2.18. The molecule has 0 unspecified atom stereocenters. The summed E-state index contributed by atoms with van der Waals surface area (Å²) in [7, 11) is 1.97. The molecule has 0 bridgehead atoms. The van der Waals surface area contributed by atoms with Crippen LogP contribution in [0.1, 0.15) is 0 Å². The molecule has 1 aromatic rings. The molecule has 0 N–H and O–H groups in total. The zero-order valence-corrected chi connectivity index (χ0v) is 11.0. The fourth-order valence-corrected chi connectivity index (χ4v) is 2.55. The number of nitrogens with zero attached hydrogens (tertiary/aromatic N) is 4. The van der Waals surface area contributed by atoms with Crippen LogP contribution in [-0.4, -0.2) is 25.8 Å². The summed E-state index contributed by atoms with van der Waals surface area (Å²) in [6.07, 6.45) is 3.81. The standard InChI is InChI=1S/C13H12N4S/c1-17-8-14-12-10(13(17)18-2)15-11(16-12)9-6-4-3-5-7-9/h3-8H,1-2H3. The van der Waals surface area contributed by atoms with Gasteiger partial charge >= 0.3 is 0 Å². The predicted octanol–water partition coefficient (Wildman–Crippen LogP) is 2.70. The monoisotopic (exact) mass is 256 g/mol. The van der Waals surface area contributed by atoms with Crippen LogP contribution in [0.5, 0.6) is 0 Å². The van der Waals surface area contributed by atoms with Crippen molar-refractivity contribution in [3.63, 3.8) is 0 Å². The van der Waals surface area contributed by atoms with E-state index in [0.29, 0.717) is 5.82 Å². The van der Waals surface area contributed by atoms with E-state index < -0.39 is 0 Å². The van der Waals surface area contributed by atoms with Crippen LogP contribution >= 0.6 is 11.8 Å². The topological polar surface area (TPSA) is 43.6 Å². The van der Waals surface area contributed by atoms with Gasteiger partial charge in [0.25, 0.3) is 0 Å². The third-order valence-corrected chi connectivity index (χ3v) is 3.61. The van der Waals surface area contributed by atoms with Gasteiger partial charge in [-0.2, -0.15) is 0 Å². The first kappa shape index (κ1) is 11.2. The minimum atomic E-state index is 0.705. The van der Waals surface area contributed by atoms with E-state index in [4.69, 9.17) is 0 Å². The van der Waals surface area contributed by atoms with Gasteiger partial charge in [-0.25, -0.2) is 15.0 Å². The lowest BCUT2D eigenvalue weighted by atomic mass is 10.2. The van der Waals surface area contributed by atoms with Gasteiger partial charge in [0.2, 0.25) is 0 Å². The lowest BCUT2D eigenvalue weighted by molar-refractivity contribution is 0.766. The summed E-state index contributed by atoms with van der Waals surface area (Å²) in [6.45, 7) is 0. The molecule has 0 saturated carbocycles. The van der Waals surface area contributed by atoms with Crippen molar-refractivity contribution in [1.82, 2.24) is 19.5 Å². The molecule has 4 nitrogen and oxygen atoms in total. The van der Waals surface area contributed by atoms with Crippen molar-refractivity contribution in [3.05, 3.63) is 36.7 Å². The van der Waals surface area contributed by atoms with Crippen molar-refractivity contribution in [3.8, 4) is 22.9 Å². The maximum Gasteiger partial charge on any atom is 0.184 e. The van der Waals surface area contributed by atoms with Gasteiger partial charge in [-0.1, -0.05) is 30.3 Å². The van der Waals surface area contributed by atoms with Gasteiger partial charge in [-0.15, -0.1) is 11.8 Å². The van der Waals surface area contributed by atoms with E-state index in [2.05, 4.69) is 15.0 Å². The molecular weight excluding hydrogens is 244 g/mol. The zero-order chi connectivity index (χ0) is 12.5. The molecule has 2 aliphatic rings. The van der Waals surface area contributed by atoms with Crippen LogP contribution in [0, 0.1) is 0 Å². The Balaban J connectivity index is 2.20. The average molecular weight is 256 g/mol. The first-order chi connectivity index (χ1) is 8.79. The molecule has 0 atom stereocenters. The number of thioether (sulfide) groups is 1. The van der Waals surface area contributed by atoms with E-state index in [9.17, 15) is 0 Å². The van der Waals surface area contributed by atoms with E-state index in [1.54, 1.807) is 18.1 Å². The van der Waals surface area contributed by atoms with Crippen molar-refractivity contribution in [2.24, 2.45) is 7.05 Å². The number of hydrogen-bond acceptors (Lipinski definition) is 4. The van der Waals surface area contributed by atoms with Crippen molar-refractivity contribution in [2.75, 3.05) is 6.26 Å². The molecule has 2 heterocycles. The van der Waals surface area contributed by atoms with Gasteiger partial charge in [0.1, 0.15) is 10.7 Å². The molecule has 1 aromatic carbocycles. The fourth-order valence-electron chi connectivity index (χ4n) is 1.89. The van der Waals surface area contributed by atoms with Gasteiger partial charge in [0.15, 0.2) is 11.6 Å². The second kappa shape index (κ2) is 4.42. The van der Waals surface area contributed by atoms with E-state index in [1.165, 1.54) is 0 Å². The zero-order valence-electron chi connectivity index (χ0n) is 10.2. The maximum atomic E-state index is 4.60. The van der Waals surface area contributed by atoms with Crippen LogP contribution in [-0.2, 0) is 7.05 Å². The van der Waals surface area contributed by atoms with E-state index in [0.717, 1.165) is 22.1 Å². The van der Waals surface area contributed by atoms with Crippen molar-refractivity contribution in [1.29, 1.82) is 0 Å². The highest BCUT2D eigenvalue weighted by atomic mass is 32.2. The van der Waals surface area contributed by atoms with Gasteiger partial charge in [-0.05, 0) is 6.26 Å². The Kier molecular flexibility index (Phi) is 2.76. The summed E-state index contributed by atoms with van der Waals surface area (Å²) in [4.78, 5) is 13.4. The van der Waals surface area contributed by atoms with Crippen LogP contribution in [0.4, 0.5) is 0 Å². The van der Waals surface area contributed by atoms with Crippen molar-refractivity contribution >= 4 is 11.8 Å². The summed E-state index contributed by atoms with van der Waals surface area (Å²) < 4.78 is 1.97. The number of aryl methyl sites for hydroxylation is 1. The molecule has 90 valence electrons. The van der Waals surface area contributed by atoms with E-state index >= 15 is 0 Å². The number of rotatable bonds is 2. The number of aromatic nitrogens is 4. The number of hydrogen-bond donors (Lipinski definition) is 0. The van der Waals surface area contributed by atoms with Crippen molar-refractivity contribution < 1.29 is 0 Å². The summed E-state index contributed by atoms with van der Waals surface area (Å²) in [5, 5.41) is 1.08. The molecule has 3 rings (SSSR count). The normalized spacial score (nSPS) is 11.0. The molecule has 0 spiro atoms. The third-order valence-electron chi connectivity index (χ3n) is 2.74. The summed E-state index contributed by atoms with van der Waals surface area (Å²) >= 11 is 1.65. The van der Waals surface area contributed by atoms with Gasteiger partial charge < -0.3 is 4.57 Å². The predicted molar refractivity (Wildman–Crippen MR) is 72.6 cm³/mol. The molecule has 0 aromatic heterocycles. The third kappa shape index (κ3) is 1.76. The quantitative estimate of drug-likeness (QED) is 0.522. The molecule has 0 fully saturated rings. The smallest absolute Gasteiger partial charge is 0.184 e. The summed E-state index contributed by atoms with van der Waals surface area (Å²) in [6, 6.07) is 9.97. The Morgan fingerprint density at radius 2 is 1.83 bits per heavy atom. The van der Waals surface area contributed by atoms with E-state index in [1.807, 2.05) is 48.2 Å². The Bertz CT molecular complexity index is 648. The Morgan fingerprint density at radius 1 is 1.06 bits per heavy atom. The lowest BCUT2D eigenvalue weighted by Gasteiger charge is -2.07. The number of fused-ring (bicyclic) bond motifs is 1. The number of imidazole rings is 1. The second-order valence-electron chi connectivity index (χ2n) is 3.95. The molecule has 0 aliphatic carbocycles. The first-order valence-corrected chi connectivity index (χ1v) is 6.80. The minimum Gasteiger partial charge on any atom is -0.328 e. The van der Waals surface area contributed by atoms with Crippen LogP contribution < -0.4 is 0 Å². The van der Waals surface area contributed by atoms with Crippen LogP contribution in [0.3, 0.4) is 0 Å². The Hall–Kier alpha value is -1.88. The molecule has 0 radical (unpaired) electrons. The SMILES string of the molecule is CSc1c2nc(-c3ccccc3)nc-2ncn1C. The maximum absolute atomic E-state index is 4.60. The van der Waals surface area contributed by atoms with Crippen molar-refractivity contribution in [2.45, 2.75) is 5.03 Å². The van der Waals surface area contributed by atoms with Crippen LogP contribution in [0.25, 0.3) is 22.9 Å². The summed E-state index contributed by atoms with van der Waals surface area (Å²) in [5.41, 5.74) is 1.89. The Labute approximate surface area is 109 Å². The second-order valence-corrected chi connectivity index (χ2v) is 4.75. The largest absolute Gasteiger partial charge is 0.328 e. The Morgan fingerprint density at radius 3 is 2.56 bits per heavy atom. The highest BCUT2D eigenvalue weighted by Crippen LogP contribution is 2.30. The molecule has 0 amide bonds. The number of benzene rings is 1. The highest BCUT2D eigenvalue weighted by molar-refractivity contribution is 7.98. The molecule has 18 heavy (non-hydrogen) atoms. The lowest BCUT2D eigenvalue weighted by Crippen LogP contribution is -2.00. The van der Waals surface area contributed by atoms with Gasteiger partial charge in [0.05, 0.1) is 6.33 Å². The first-order valence-electron chi connectivity index (χ1n) is 5.58. The van der Waals surface area contributed by atoms with E-state index in [-0.39, 0.29) is 0 Å². The average Bonchev–Trinajstić information content (AvgIpc) is 2.84. The molecular formula is C13H12N4S. The molecule has 5 heteroatoms. The van der Waals surface area contributed by atoms with Gasteiger partial charge in [0, 0.05) is 12.6 Å². The fraction of sp³-hybridized carbons (Fsp3) is 0.154.